The molecule has 0 aliphatic carbocycles. The molecule has 1 aromatic carbocycles. The number of amides is 1. The van der Waals surface area contributed by atoms with Crippen molar-refractivity contribution < 1.29 is 4.79 Å². The summed E-state index contributed by atoms with van der Waals surface area (Å²) in [6.07, 6.45) is 3.19. The Balaban J connectivity index is 0.00000156. The second-order valence-corrected chi connectivity index (χ2v) is 7.22. The van der Waals surface area contributed by atoms with Gasteiger partial charge in [-0.1, -0.05) is 30.3 Å². The minimum Gasteiger partial charge on any atom is -0.333 e. The fraction of sp³-hybridized carbons (Fsp3) is 0.444. The zero-order valence-corrected chi connectivity index (χ0v) is 16.9. The first-order valence-corrected chi connectivity index (χ1v) is 8.99. The van der Waals surface area contributed by atoms with Gasteiger partial charge in [-0.25, -0.2) is 4.98 Å². The quantitative estimate of drug-likeness (QED) is 0.833. The molecule has 1 fully saturated rings. The molecule has 2 unspecified atom stereocenters. The number of hydrogen-bond donors (Lipinski definition) is 1. The van der Waals surface area contributed by atoms with Gasteiger partial charge in [0.05, 0.1) is 5.69 Å². The molecule has 1 aliphatic heterocycles. The van der Waals surface area contributed by atoms with Crippen LogP contribution in [0.15, 0.2) is 30.3 Å². The number of likely N-dealkylation sites (tertiary alicyclic amines) is 1. The van der Waals surface area contributed by atoms with Crippen LogP contribution in [0.25, 0.3) is 10.6 Å². The number of thiazole rings is 1. The summed E-state index contributed by atoms with van der Waals surface area (Å²) in [7, 11) is 0. The number of rotatable bonds is 3. The fourth-order valence-corrected chi connectivity index (χ4v) is 4.21. The lowest BCUT2D eigenvalue weighted by molar-refractivity contribution is 0.0588. The fourth-order valence-electron chi connectivity index (χ4n) is 3.19. The first kappa shape index (κ1) is 21.9. The number of aromatic nitrogens is 1. The van der Waals surface area contributed by atoms with E-state index >= 15 is 0 Å². The van der Waals surface area contributed by atoms with Crippen molar-refractivity contribution in [3.63, 3.8) is 0 Å². The summed E-state index contributed by atoms with van der Waals surface area (Å²) in [4.78, 5) is 20.3. The van der Waals surface area contributed by atoms with Crippen LogP contribution in [0, 0.1) is 6.92 Å². The average Bonchev–Trinajstić information content (AvgIpc) is 2.97. The molecule has 2 aromatic rings. The third-order valence-corrected chi connectivity index (χ3v) is 5.62. The van der Waals surface area contributed by atoms with Gasteiger partial charge in [0.1, 0.15) is 9.88 Å². The van der Waals surface area contributed by atoms with Gasteiger partial charge >= 0.3 is 0 Å². The number of carbonyl (C=O) groups excluding carboxylic acids is 1. The van der Waals surface area contributed by atoms with Gasteiger partial charge in [-0.2, -0.15) is 0 Å². The largest absolute Gasteiger partial charge is 0.333 e. The van der Waals surface area contributed by atoms with E-state index in [0.29, 0.717) is 0 Å². The molecular formula is C18H25Cl2N3OS. The molecule has 2 N–H and O–H groups in total. The summed E-state index contributed by atoms with van der Waals surface area (Å²) in [5, 5.41) is 0.904. The van der Waals surface area contributed by atoms with Crippen molar-refractivity contribution in [2.45, 2.75) is 45.2 Å². The molecule has 1 aromatic heterocycles. The van der Waals surface area contributed by atoms with E-state index in [0.717, 1.165) is 46.9 Å². The van der Waals surface area contributed by atoms with Crippen molar-refractivity contribution in [1.29, 1.82) is 0 Å². The maximum Gasteiger partial charge on any atom is 0.266 e. The Morgan fingerprint density at radius 2 is 1.96 bits per heavy atom. The van der Waals surface area contributed by atoms with Gasteiger partial charge in [-0.15, -0.1) is 36.2 Å². The smallest absolute Gasteiger partial charge is 0.266 e. The first-order chi connectivity index (χ1) is 11.1. The number of piperidine rings is 1. The monoisotopic (exact) mass is 401 g/mol. The van der Waals surface area contributed by atoms with E-state index in [1.54, 1.807) is 0 Å². The number of nitrogens with zero attached hydrogens (tertiary/aromatic N) is 2. The van der Waals surface area contributed by atoms with Crippen LogP contribution in [-0.2, 0) is 0 Å². The molecule has 7 heteroatoms. The molecular weight excluding hydrogens is 377 g/mol. The Labute approximate surface area is 165 Å². The average molecular weight is 402 g/mol. The molecule has 0 bridgehead atoms. The molecule has 2 heterocycles. The van der Waals surface area contributed by atoms with E-state index in [4.69, 9.17) is 5.73 Å². The maximum absolute atomic E-state index is 13.0. The summed E-state index contributed by atoms with van der Waals surface area (Å²) in [6.45, 7) is 4.70. The topological polar surface area (TPSA) is 59.2 Å². The molecule has 0 saturated carbocycles. The van der Waals surface area contributed by atoms with Crippen LogP contribution in [-0.4, -0.2) is 34.4 Å². The third kappa shape index (κ3) is 4.73. The standard InChI is InChI=1S/C18H23N3OS.2ClH/c1-12(19)15-10-6-7-11-21(15)18(22)16-13(2)20-17(23-16)14-8-4-3-5-9-14;;/h3-5,8-9,12,15H,6-7,10-11,19H2,1-2H3;2*1H. The predicted octanol–water partition coefficient (Wildman–Crippen LogP) is 4.30. The summed E-state index contributed by atoms with van der Waals surface area (Å²) in [5.41, 5.74) is 7.97. The van der Waals surface area contributed by atoms with Gasteiger partial charge in [0.25, 0.3) is 5.91 Å². The van der Waals surface area contributed by atoms with Crippen LogP contribution < -0.4 is 5.73 Å². The van der Waals surface area contributed by atoms with Crippen LogP contribution in [0.3, 0.4) is 0 Å². The molecule has 1 amide bonds. The van der Waals surface area contributed by atoms with E-state index in [1.165, 1.54) is 11.3 Å². The summed E-state index contributed by atoms with van der Waals surface area (Å²) in [5.74, 6) is 0.0872. The van der Waals surface area contributed by atoms with Crippen LogP contribution >= 0.6 is 36.2 Å². The Bertz CT molecular complexity index is 691. The maximum atomic E-state index is 13.0. The number of aryl methyl sites for hydroxylation is 1. The number of nitrogens with two attached hydrogens (primary N) is 1. The Morgan fingerprint density at radius 1 is 1.28 bits per heavy atom. The van der Waals surface area contributed by atoms with Crippen LogP contribution in [0.2, 0.25) is 0 Å². The molecule has 25 heavy (non-hydrogen) atoms. The minimum atomic E-state index is 0. The van der Waals surface area contributed by atoms with Crippen molar-refractivity contribution >= 4 is 42.1 Å². The second-order valence-electron chi connectivity index (χ2n) is 6.22. The molecule has 1 saturated heterocycles. The number of hydrogen-bond acceptors (Lipinski definition) is 4. The van der Waals surface area contributed by atoms with E-state index in [-0.39, 0.29) is 42.8 Å². The summed E-state index contributed by atoms with van der Waals surface area (Å²) >= 11 is 1.48. The van der Waals surface area contributed by atoms with Crippen molar-refractivity contribution in [2.75, 3.05) is 6.54 Å². The summed E-state index contributed by atoms with van der Waals surface area (Å²) < 4.78 is 0. The summed E-state index contributed by atoms with van der Waals surface area (Å²) in [6, 6.07) is 10.2. The Hall–Kier alpha value is -1.14. The lowest BCUT2D eigenvalue weighted by atomic mass is 9.96. The van der Waals surface area contributed by atoms with Gasteiger partial charge in [0, 0.05) is 24.2 Å². The lowest BCUT2D eigenvalue weighted by Crippen LogP contribution is -2.51. The van der Waals surface area contributed by atoms with Gasteiger partial charge in [-0.3, -0.25) is 4.79 Å². The Morgan fingerprint density at radius 3 is 2.60 bits per heavy atom. The normalized spacial score (nSPS) is 18.0. The Kier molecular flexibility index (Phi) is 8.35. The van der Waals surface area contributed by atoms with Gasteiger partial charge in [-0.05, 0) is 33.1 Å². The molecule has 3 rings (SSSR count). The predicted molar refractivity (Wildman–Crippen MR) is 109 cm³/mol. The molecule has 0 radical (unpaired) electrons. The SMILES string of the molecule is Cc1nc(-c2ccccc2)sc1C(=O)N1CCCCC1C(C)N.Cl.Cl. The van der Waals surface area contributed by atoms with Crippen LogP contribution in [0.4, 0.5) is 0 Å². The zero-order valence-electron chi connectivity index (χ0n) is 14.5. The highest BCUT2D eigenvalue weighted by Gasteiger charge is 2.31. The van der Waals surface area contributed by atoms with Crippen molar-refractivity contribution in [3.05, 3.63) is 40.9 Å². The molecule has 4 nitrogen and oxygen atoms in total. The third-order valence-electron chi connectivity index (χ3n) is 4.43. The van der Waals surface area contributed by atoms with Crippen LogP contribution in [0.5, 0.6) is 0 Å². The van der Waals surface area contributed by atoms with E-state index in [9.17, 15) is 4.79 Å². The van der Waals surface area contributed by atoms with Crippen molar-refractivity contribution in [2.24, 2.45) is 5.73 Å². The zero-order chi connectivity index (χ0) is 16.4. The molecule has 1 aliphatic rings. The lowest BCUT2D eigenvalue weighted by Gasteiger charge is -2.37. The van der Waals surface area contributed by atoms with Gasteiger partial charge in [0.2, 0.25) is 0 Å². The van der Waals surface area contributed by atoms with E-state index < -0.39 is 0 Å². The molecule has 0 spiro atoms. The van der Waals surface area contributed by atoms with Gasteiger partial charge in [0.15, 0.2) is 0 Å². The highest BCUT2D eigenvalue weighted by Crippen LogP contribution is 2.30. The second kappa shape index (κ2) is 9.53. The van der Waals surface area contributed by atoms with Crippen molar-refractivity contribution in [1.82, 2.24) is 9.88 Å². The van der Waals surface area contributed by atoms with Crippen molar-refractivity contribution in [3.8, 4) is 10.6 Å². The number of halogens is 2. The first-order valence-electron chi connectivity index (χ1n) is 8.17. The van der Waals surface area contributed by atoms with Crippen LogP contribution in [0.1, 0.15) is 41.6 Å². The molecule has 138 valence electrons. The van der Waals surface area contributed by atoms with Gasteiger partial charge < -0.3 is 10.6 Å². The highest BCUT2D eigenvalue weighted by atomic mass is 35.5. The van der Waals surface area contributed by atoms with E-state index in [1.807, 2.05) is 49.1 Å². The number of carbonyl (C=O) groups is 1. The number of benzene rings is 1. The highest BCUT2D eigenvalue weighted by molar-refractivity contribution is 7.17. The minimum absolute atomic E-state index is 0. The molecule has 2 atom stereocenters. The van der Waals surface area contributed by atoms with E-state index in [2.05, 4.69) is 4.98 Å².